The van der Waals surface area contributed by atoms with Gasteiger partial charge in [0.05, 0.1) is 18.0 Å². The van der Waals surface area contributed by atoms with E-state index in [9.17, 15) is 22.4 Å². The number of alkyl halides is 3. The Morgan fingerprint density at radius 1 is 1.04 bits per heavy atom. The fourth-order valence-electron chi connectivity index (χ4n) is 2.09. The zero-order valence-electron chi connectivity index (χ0n) is 13.5. The molecule has 5 nitrogen and oxygen atoms in total. The van der Waals surface area contributed by atoms with Crippen LogP contribution >= 0.6 is 0 Å². The second-order valence-corrected chi connectivity index (χ2v) is 5.33. The highest BCUT2D eigenvalue weighted by Gasteiger charge is 2.30. The zero-order chi connectivity index (χ0) is 19.4. The Hall–Kier alpha value is -3.49. The van der Waals surface area contributed by atoms with Crippen molar-refractivity contribution >= 4 is 11.6 Å². The highest BCUT2D eigenvalue weighted by molar-refractivity contribution is 6.02. The Kier molecular flexibility index (Phi) is 5.02. The molecule has 0 atom stereocenters. The lowest BCUT2D eigenvalue weighted by molar-refractivity contribution is -0.137. The molecule has 9 heteroatoms. The van der Waals surface area contributed by atoms with Gasteiger partial charge in [-0.3, -0.25) is 9.78 Å². The van der Waals surface area contributed by atoms with Crippen LogP contribution in [0.25, 0.3) is 0 Å². The van der Waals surface area contributed by atoms with E-state index >= 15 is 0 Å². The summed E-state index contributed by atoms with van der Waals surface area (Å²) in [5, 5.41) is 2.49. The normalized spacial score (nSPS) is 11.1. The van der Waals surface area contributed by atoms with Crippen molar-refractivity contribution in [2.24, 2.45) is 0 Å². The summed E-state index contributed by atoms with van der Waals surface area (Å²) in [5.74, 6) is -1.34. The van der Waals surface area contributed by atoms with Crippen LogP contribution in [0.15, 0.2) is 60.9 Å². The van der Waals surface area contributed by atoms with Gasteiger partial charge in [0.2, 0.25) is 5.88 Å². The molecule has 138 valence electrons. The summed E-state index contributed by atoms with van der Waals surface area (Å²) in [4.78, 5) is 19.9. The van der Waals surface area contributed by atoms with Crippen molar-refractivity contribution in [3.05, 3.63) is 78.0 Å². The van der Waals surface area contributed by atoms with Crippen LogP contribution in [0.2, 0.25) is 0 Å². The van der Waals surface area contributed by atoms with E-state index in [1.807, 2.05) is 0 Å². The van der Waals surface area contributed by atoms with Gasteiger partial charge < -0.3 is 10.1 Å². The van der Waals surface area contributed by atoms with Crippen LogP contribution in [0.3, 0.4) is 0 Å². The summed E-state index contributed by atoms with van der Waals surface area (Å²) >= 11 is 0. The van der Waals surface area contributed by atoms with Gasteiger partial charge in [-0.05, 0) is 42.5 Å². The summed E-state index contributed by atoms with van der Waals surface area (Å²) in [6.07, 6.45) is -2.19. The number of carbonyl (C=O) groups excluding carboxylic acids is 1. The molecule has 0 radical (unpaired) electrons. The summed E-state index contributed by atoms with van der Waals surface area (Å²) in [6, 6.07) is 9.31. The minimum atomic E-state index is -4.51. The zero-order valence-corrected chi connectivity index (χ0v) is 13.5. The van der Waals surface area contributed by atoms with E-state index in [2.05, 4.69) is 15.3 Å². The Morgan fingerprint density at radius 2 is 1.78 bits per heavy atom. The van der Waals surface area contributed by atoms with Crippen molar-refractivity contribution in [2.45, 2.75) is 6.18 Å². The SMILES string of the molecule is O=C(Nc1ccc(F)cc1)c1cncc(Oc2cccc(C(F)(F)F)c2)n1. The quantitative estimate of drug-likeness (QED) is 0.671. The van der Waals surface area contributed by atoms with Gasteiger partial charge in [0.25, 0.3) is 5.91 Å². The number of amides is 1. The molecule has 2 aromatic carbocycles. The van der Waals surface area contributed by atoms with E-state index in [0.29, 0.717) is 5.69 Å². The van der Waals surface area contributed by atoms with E-state index in [0.717, 1.165) is 24.5 Å². The molecule has 0 unspecified atom stereocenters. The van der Waals surface area contributed by atoms with Crippen molar-refractivity contribution in [3.63, 3.8) is 0 Å². The predicted molar refractivity (Wildman–Crippen MR) is 87.9 cm³/mol. The van der Waals surface area contributed by atoms with E-state index in [1.54, 1.807) is 0 Å². The van der Waals surface area contributed by atoms with Gasteiger partial charge >= 0.3 is 6.18 Å². The van der Waals surface area contributed by atoms with Gasteiger partial charge in [0.1, 0.15) is 11.6 Å². The van der Waals surface area contributed by atoms with Crippen LogP contribution in [0.5, 0.6) is 11.6 Å². The molecule has 3 rings (SSSR count). The van der Waals surface area contributed by atoms with Crippen LogP contribution in [0.1, 0.15) is 16.1 Å². The minimum Gasteiger partial charge on any atom is -0.437 e. The van der Waals surface area contributed by atoms with E-state index in [4.69, 9.17) is 4.74 Å². The first-order valence-electron chi connectivity index (χ1n) is 7.55. The molecule has 0 saturated carbocycles. The lowest BCUT2D eigenvalue weighted by Gasteiger charge is -2.10. The number of rotatable bonds is 4. The average molecular weight is 377 g/mol. The minimum absolute atomic E-state index is 0.102. The Bertz CT molecular complexity index is 959. The number of halogens is 4. The van der Waals surface area contributed by atoms with Crippen LogP contribution in [-0.2, 0) is 6.18 Å². The fraction of sp³-hybridized carbons (Fsp3) is 0.0556. The number of carbonyl (C=O) groups is 1. The maximum atomic E-state index is 12.9. The first-order valence-corrected chi connectivity index (χ1v) is 7.55. The number of nitrogens with one attached hydrogen (secondary N) is 1. The molecule has 0 aliphatic heterocycles. The first kappa shape index (κ1) is 18.3. The van der Waals surface area contributed by atoms with Crippen molar-refractivity contribution in [3.8, 4) is 11.6 Å². The molecular weight excluding hydrogens is 366 g/mol. The highest BCUT2D eigenvalue weighted by atomic mass is 19.4. The third-order valence-corrected chi connectivity index (χ3v) is 3.33. The van der Waals surface area contributed by atoms with Crippen LogP contribution in [-0.4, -0.2) is 15.9 Å². The van der Waals surface area contributed by atoms with E-state index in [1.165, 1.54) is 36.4 Å². The molecule has 27 heavy (non-hydrogen) atoms. The molecule has 1 aromatic heterocycles. The molecule has 0 aliphatic carbocycles. The van der Waals surface area contributed by atoms with Crippen molar-refractivity contribution < 1.29 is 27.1 Å². The van der Waals surface area contributed by atoms with Gasteiger partial charge in [0.15, 0.2) is 5.69 Å². The molecule has 3 aromatic rings. The van der Waals surface area contributed by atoms with Gasteiger partial charge in [-0.2, -0.15) is 13.2 Å². The maximum Gasteiger partial charge on any atom is 0.416 e. The third kappa shape index (κ3) is 4.78. The lowest BCUT2D eigenvalue weighted by Crippen LogP contribution is -2.14. The van der Waals surface area contributed by atoms with Crippen molar-refractivity contribution in [1.82, 2.24) is 9.97 Å². The van der Waals surface area contributed by atoms with Gasteiger partial charge in [-0.15, -0.1) is 0 Å². The number of hydrogen-bond acceptors (Lipinski definition) is 4. The van der Waals surface area contributed by atoms with Crippen LogP contribution in [0.4, 0.5) is 23.2 Å². The molecule has 0 aliphatic rings. The number of ether oxygens (including phenoxy) is 1. The third-order valence-electron chi connectivity index (χ3n) is 3.33. The van der Waals surface area contributed by atoms with Crippen LogP contribution < -0.4 is 10.1 Å². The second-order valence-electron chi connectivity index (χ2n) is 5.33. The predicted octanol–water partition coefficient (Wildman–Crippen LogP) is 4.68. The monoisotopic (exact) mass is 377 g/mol. The topological polar surface area (TPSA) is 64.1 Å². The summed E-state index contributed by atoms with van der Waals surface area (Å²) in [5.41, 5.74) is -0.658. The largest absolute Gasteiger partial charge is 0.437 e. The summed E-state index contributed by atoms with van der Waals surface area (Å²) in [6.45, 7) is 0. The van der Waals surface area contributed by atoms with Crippen LogP contribution in [0, 0.1) is 5.82 Å². The molecule has 0 spiro atoms. The molecule has 0 fully saturated rings. The number of nitrogens with zero attached hydrogens (tertiary/aromatic N) is 2. The van der Waals surface area contributed by atoms with Gasteiger partial charge in [-0.1, -0.05) is 6.07 Å². The smallest absolute Gasteiger partial charge is 0.416 e. The summed E-state index contributed by atoms with van der Waals surface area (Å²) in [7, 11) is 0. The Balaban J connectivity index is 1.75. The highest BCUT2D eigenvalue weighted by Crippen LogP contribution is 2.32. The fourth-order valence-corrected chi connectivity index (χ4v) is 2.09. The second kappa shape index (κ2) is 7.40. The summed E-state index contributed by atoms with van der Waals surface area (Å²) < 4.78 is 56.4. The van der Waals surface area contributed by atoms with E-state index in [-0.39, 0.29) is 17.3 Å². The molecule has 0 bridgehead atoms. The van der Waals surface area contributed by atoms with Gasteiger partial charge in [-0.25, -0.2) is 9.37 Å². The maximum absolute atomic E-state index is 12.9. The first-order chi connectivity index (χ1) is 12.8. The lowest BCUT2D eigenvalue weighted by atomic mass is 10.2. The Labute approximate surface area is 150 Å². The van der Waals surface area contributed by atoms with Gasteiger partial charge in [0, 0.05) is 5.69 Å². The number of anilines is 1. The van der Waals surface area contributed by atoms with Crippen molar-refractivity contribution in [1.29, 1.82) is 0 Å². The standard InChI is InChI=1S/C18H11F4N3O2/c19-12-4-6-13(7-5-12)24-17(26)15-9-23-10-16(25-15)27-14-3-1-2-11(8-14)18(20,21)22/h1-10H,(H,24,26). The van der Waals surface area contributed by atoms with Crippen molar-refractivity contribution in [2.75, 3.05) is 5.32 Å². The number of aromatic nitrogens is 2. The number of benzene rings is 2. The molecule has 1 amide bonds. The molecule has 1 N–H and O–H groups in total. The molecule has 1 heterocycles. The number of hydrogen-bond donors (Lipinski definition) is 1. The van der Waals surface area contributed by atoms with E-state index < -0.39 is 23.5 Å². The molecular formula is C18H11F4N3O2. The Morgan fingerprint density at radius 3 is 2.48 bits per heavy atom. The average Bonchev–Trinajstić information content (AvgIpc) is 2.63. The molecule has 0 saturated heterocycles.